The van der Waals surface area contributed by atoms with Crippen LogP contribution in [-0.4, -0.2) is 55.8 Å². The monoisotopic (exact) mass is 349 g/mol. The molecule has 2 aliphatic heterocycles. The smallest absolute Gasteiger partial charge is 0.115 e. The number of hydrogen-bond donors (Lipinski definition) is 2. The number of hydrogen-bond acceptors (Lipinski definition) is 4. The highest BCUT2D eigenvalue weighted by molar-refractivity contribution is 5.68. The number of phenolic OH excluding ortho intramolecular Hbond substituents is 1. The van der Waals surface area contributed by atoms with Crippen LogP contribution in [0.15, 0.2) is 60.7 Å². The van der Waals surface area contributed by atoms with Gasteiger partial charge >= 0.3 is 0 Å². The fourth-order valence-electron chi connectivity index (χ4n) is 4.03. The van der Waals surface area contributed by atoms with Crippen molar-refractivity contribution in [3.8, 4) is 5.75 Å². The molecule has 2 heterocycles. The van der Waals surface area contributed by atoms with E-state index in [0.717, 1.165) is 45.8 Å². The number of anilines is 1. The third kappa shape index (κ3) is 3.92. The summed E-state index contributed by atoms with van der Waals surface area (Å²) in [6, 6.07) is 18.4. The van der Waals surface area contributed by atoms with Gasteiger partial charge in [-0.2, -0.15) is 0 Å². The molecule has 0 saturated carbocycles. The van der Waals surface area contributed by atoms with Crippen molar-refractivity contribution in [3.05, 3.63) is 66.2 Å². The Kier molecular flexibility index (Phi) is 5.23. The van der Waals surface area contributed by atoms with Crippen LogP contribution in [0.4, 0.5) is 5.69 Å². The molecule has 1 unspecified atom stereocenters. The van der Waals surface area contributed by atoms with Gasteiger partial charge in [0.2, 0.25) is 0 Å². The van der Waals surface area contributed by atoms with E-state index < -0.39 is 0 Å². The summed E-state index contributed by atoms with van der Waals surface area (Å²) in [6.07, 6.45) is 2.36. The number of piperazine rings is 1. The Morgan fingerprint density at radius 2 is 1.65 bits per heavy atom. The predicted octanol–water partition coefficient (Wildman–Crippen LogP) is 2.82. The lowest BCUT2D eigenvalue weighted by atomic mass is 9.89. The van der Waals surface area contributed by atoms with E-state index in [4.69, 9.17) is 0 Å². The van der Waals surface area contributed by atoms with Crippen LogP contribution < -0.4 is 10.2 Å². The highest BCUT2D eigenvalue weighted by Crippen LogP contribution is 2.27. The van der Waals surface area contributed by atoms with Crippen LogP contribution in [0.25, 0.3) is 5.57 Å². The summed E-state index contributed by atoms with van der Waals surface area (Å²) >= 11 is 0. The molecule has 0 radical (unpaired) electrons. The molecule has 2 aromatic carbocycles. The van der Waals surface area contributed by atoms with Gasteiger partial charge in [-0.3, -0.25) is 4.90 Å². The Morgan fingerprint density at radius 3 is 2.38 bits per heavy atom. The lowest BCUT2D eigenvalue weighted by Gasteiger charge is -2.38. The second-order valence-electron chi connectivity index (χ2n) is 7.18. The number of nitrogens with one attached hydrogen (secondary N) is 1. The van der Waals surface area contributed by atoms with Gasteiger partial charge in [-0.15, -0.1) is 0 Å². The van der Waals surface area contributed by atoms with Crippen molar-refractivity contribution in [2.24, 2.45) is 5.92 Å². The summed E-state index contributed by atoms with van der Waals surface area (Å²) in [4.78, 5) is 4.99. The third-order valence-corrected chi connectivity index (χ3v) is 5.47. The van der Waals surface area contributed by atoms with E-state index in [9.17, 15) is 5.11 Å². The van der Waals surface area contributed by atoms with Gasteiger partial charge in [0, 0.05) is 57.4 Å². The zero-order valence-electron chi connectivity index (χ0n) is 15.1. The second-order valence-corrected chi connectivity index (χ2v) is 7.18. The number of aromatic hydroxyl groups is 1. The Bertz CT molecular complexity index is 734. The van der Waals surface area contributed by atoms with E-state index >= 15 is 0 Å². The van der Waals surface area contributed by atoms with Crippen molar-refractivity contribution in [1.29, 1.82) is 0 Å². The lowest BCUT2D eigenvalue weighted by molar-refractivity contribution is 0.234. The normalized spacial score (nSPS) is 21.5. The summed E-state index contributed by atoms with van der Waals surface area (Å²) in [6.45, 7) is 7.37. The molecule has 0 bridgehead atoms. The molecule has 0 aromatic heterocycles. The third-order valence-electron chi connectivity index (χ3n) is 5.47. The zero-order chi connectivity index (χ0) is 17.8. The van der Waals surface area contributed by atoms with Gasteiger partial charge in [0.05, 0.1) is 0 Å². The lowest BCUT2D eigenvalue weighted by Crippen LogP contribution is -2.49. The number of rotatable bonds is 4. The first-order valence-electron chi connectivity index (χ1n) is 9.52. The first-order chi connectivity index (χ1) is 12.8. The van der Waals surface area contributed by atoms with E-state index in [1.54, 1.807) is 12.1 Å². The molecule has 26 heavy (non-hydrogen) atoms. The molecule has 2 aromatic rings. The van der Waals surface area contributed by atoms with Crippen molar-refractivity contribution in [2.75, 3.05) is 50.7 Å². The first-order valence-corrected chi connectivity index (χ1v) is 9.52. The van der Waals surface area contributed by atoms with Crippen molar-refractivity contribution < 1.29 is 5.11 Å². The van der Waals surface area contributed by atoms with E-state index in [-0.39, 0.29) is 0 Å². The van der Waals surface area contributed by atoms with Crippen LogP contribution in [0.1, 0.15) is 5.56 Å². The molecule has 136 valence electrons. The van der Waals surface area contributed by atoms with Gasteiger partial charge < -0.3 is 15.3 Å². The van der Waals surface area contributed by atoms with Crippen LogP contribution in [0.3, 0.4) is 0 Å². The summed E-state index contributed by atoms with van der Waals surface area (Å²) < 4.78 is 0. The molecule has 0 amide bonds. The fourth-order valence-corrected chi connectivity index (χ4v) is 4.03. The molecule has 1 atom stereocenters. The number of nitrogens with zero attached hydrogens (tertiary/aromatic N) is 2. The largest absolute Gasteiger partial charge is 0.508 e. The van der Waals surface area contributed by atoms with E-state index in [1.807, 2.05) is 12.1 Å². The maximum atomic E-state index is 9.46. The highest BCUT2D eigenvalue weighted by Gasteiger charge is 2.24. The van der Waals surface area contributed by atoms with Crippen LogP contribution in [0.2, 0.25) is 0 Å². The molecule has 2 aliphatic rings. The predicted molar refractivity (Wildman–Crippen MR) is 108 cm³/mol. The van der Waals surface area contributed by atoms with Gasteiger partial charge in [0.25, 0.3) is 0 Å². The average molecular weight is 349 g/mol. The standard InChI is InChI=1S/C22H27N3O/c26-21-8-6-20(7-9-21)25-14-12-24(13-15-25)17-19-16-23-11-10-22(19)18-4-2-1-3-5-18/h1-10,19,23,26H,11-17H2. The molecule has 4 nitrogen and oxygen atoms in total. The minimum Gasteiger partial charge on any atom is -0.508 e. The zero-order valence-corrected chi connectivity index (χ0v) is 15.1. The Morgan fingerprint density at radius 1 is 0.923 bits per heavy atom. The van der Waals surface area contributed by atoms with Gasteiger partial charge in [-0.1, -0.05) is 36.4 Å². The summed E-state index contributed by atoms with van der Waals surface area (Å²) in [7, 11) is 0. The van der Waals surface area contributed by atoms with Gasteiger partial charge in [0.15, 0.2) is 0 Å². The fraction of sp³-hybridized carbons (Fsp3) is 0.364. The molecule has 1 saturated heterocycles. The molecular formula is C22H27N3O. The molecular weight excluding hydrogens is 322 g/mol. The van der Waals surface area contributed by atoms with Crippen molar-refractivity contribution in [1.82, 2.24) is 10.2 Å². The van der Waals surface area contributed by atoms with Crippen LogP contribution >= 0.6 is 0 Å². The number of benzene rings is 2. The van der Waals surface area contributed by atoms with Crippen molar-refractivity contribution >= 4 is 11.3 Å². The van der Waals surface area contributed by atoms with Gasteiger partial charge in [-0.05, 0) is 35.4 Å². The Hall–Kier alpha value is -2.30. The van der Waals surface area contributed by atoms with Crippen molar-refractivity contribution in [2.45, 2.75) is 0 Å². The summed E-state index contributed by atoms with van der Waals surface area (Å²) in [5.41, 5.74) is 4.05. The maximum Gasteiger partial charge on any atom is 0.115 e. The molecule has 2 N–H and O–H groups in total. The second kappa shape index (κ2) is 7.94. The Balaban J connectivity index is 1.37. The van der Waals surface area contributed by atoms with E-state index in [0.29, 0.717) is 11.7 Å². The van der Waals surface area contributed by atoms with Crippen LogP contribution in [0, 0.1) is 5.92 Å². The number of phenols is 1. The SMILES string of the molecule is Oc1ccc(N2CCN(CC3CNCC=C3c3ccccc3)CC2)cc1. The van der Waals surface area contributed by atoms with Gasteiger partial charge in [-0.25, -0.2) is 0 Å². The summed E-state index contributed by atoms with van der Waals surface area (Å²) in [5.74, 6) is 0.879. The molecule has 4 heteroatoms. The van der Waals surface area contributed by atoms with Crippen LogP contribution in [-0.2, 0) is 0 Å². The van der Waals surface area contributed by atoms with Gasteiger partial charge in [0.1, 0.15) is 5.75 Å². The maximum absolute atomic E-state index is 9.46. The highest BCUT2D eigenvalue weighted by atomic mass is 16.3. The molecule has 1 fully saturated rings. The van der Waals surface area contributed by atoms with Crippen molar-refractivity contribution in [3.63, 3.8) is 0 Å². The molecule has 4 rings (SSSR count). The van der Waals surface area contributed by atoms with Crippen LogP contribution in [0.5, 0.6) is 5.75 Å². The minimum atomic E-state index is 0.331. The first kappa shape index (κ1) is 17.1. The minimum absolute atomic E-state index is 0.331. The average Bonchev–Trinajstić information content (AvgIpc) is 2.70. The quantitative estimate of drug-likeness (QED) is 0.890. The topological polar surface area (TPSA) is 38.7 Å². The van der Waals surface area contributed by atoms with E-state index in [2.05, 4.69) is 51.5 Å². The molecule has 0 aliphatic carbocycles. The molecule has 0 spiro atoms. The summed E-state index contributed by atoms with van der Waals surface area (Å²) in [5, 5.41) is 13.0. The van der Waals surface area contributed by atoms with E-state index in [1.165, 1.54) is 16.8 Å². The Labute approximate surface area is 155 Å².